The lowest BCUT2D eigenvalue weighted by Gasteiger charge is -2.11. The Hall–Kier alpha value is -1.09. The number of benzene rings is 1. The van der Waals surface area contributed by atoms with Crippen LogP contribution in [0.2, 0.25) is 0 Å². The van der Waals surface area contributed by atoms with E-state index in [4.69, 9.17) is 4.98 Å². The minimum Gasteiger partial charge on any atom is -0.388 e. The average Bonchev–Trinajstić information content (AvgIpc) is 3.17. The van der Waals surface area contributed by atoms with Crippen molar-refractivity contribution >= 4 is 32.5 Å². The van der Waals surface area contributed by atoms with Gasteiger partial charge in [-0.2, -0.15) is 0 Å². The SMILES string of the molecule is CNc1cc(C2CC2)nc2c(C)c(Br)ccc12. The molecule has 1 saturated carbocycles. The Kier molecular flexibility index (Phi) is 2.58. The maximum absolute atomic E-state index is 4.84. The molecule has 1 aliphatic rings. The Morgan fingerprint density at radius 2 is 2.12 bits per heavy atom. The van der Waals surface area contributed by atoms with Gasteiger partial charge in [0.15, 0.2) is 0 Å². The highest BCUT2D eigenvalue weighted by Gasteiger charge is 2.26. The van der Waals surface area contributed by atoms with Crippen LogP contribution in [0.25, 0.3) is 10.9 Å². The van der Waals surface area contributed by atoms with E-state index < -0.39 is 0 Å². The van der Waals surface area contributed by atoms with Crippen LogP contribution in [0.1, 0.15) is 30.0 Å². The third-order valence-electron chi connectivity index (χ3n) is 3.45. The van der Waals surface area contributed by atoms with E-state index in [2.05, 4.69) is 46.4 Å². The second kappa shape index (κ2) is 3.98. The fraction of sp³-hybridized carbons (Fsp3) is 0.357. The molecule has 0 unspecified atom stereocenters. The number of halogens is 1. The van der Waals surface area contributed by atoms with Gasteiger partial charge in [-0.15, -0.1) is 0 Å². The highest BCUT2D eigenvalue weighted by molar-refractivity contribution is 9.10. The van der Waals surface area contributed by atoms with E-state index in [1.165, 1.54) is 35.2 Å². The third kappa shape index (κ3) is 1.82. The largest absolute Gasteiger partial charge is 0.388 e. The van der Waals surface area contributed by atoms with E-state index in [1.807, 2.05) is 7.05 Å². The molecule has 0 bridgehead atoms. The van der Waals surface area contributed by atoms with Crippen molar-refractivity contribution in [3.8, 4) is 0 Å². The first-order valence-electron chi connectivity index (χ1n) is 5.98. The standard InChI is InChI=1S/C14H15BrN2/c1-8-11(15)6-5-10-13(16-2)7-12(9-3-4-9)17-14(8)10/h5-7,9H,3-4H2,1-2H3,(H,16,17). The molecule has 3 heteroatoms. The van der Waals surface area contributed by atoms with Crippen molar-refractivity contribution in [3.05, 3.63) is 33.9 Å². The Balaban J connectivity index is 2.32. The maximum Gasteiger partial charge on any atom is 0.0766 e. The van der Waals surface area contributed by atoms with Crippen LogP contribution in [0.3, 0.4) is 0 Å². The van der Waals surface area contributed by atoms with Crippen LogP contribution in [0.4, 0.5) is 5.69 Å². The molecule has 17 heavy (non-hydrogen) atoms. The summed E-state index contributed by atoms with van der Waals surface area (Å²) in [6.45, 7) is 2.12. The number of pyridine rings is 1. The van der Waals surface area contributed by atoms with Gasteiger partial charge < -0.3 is 5.32 Å². The van der Waals surface area contributed by atoms with Crippen molar-refractivity contribution in [1.82, 2.24) is 4.98 Å². The molecule has 1 fully saturated rings. The molecule has 1 aromatic heterocycles. The highest BCUT2D eigenvalue weighted by atomic mass is 79.9. The molecule has 3 rings (SSSR count). The van der Waals surface area contributed by atoms with Crippen LogP contribution < -0.4 is 5.32 Å². The lowest BCUT2D eigenvalue weighted by Crippen LogP contribution is -1.97. The van der Waals surface area contributed by atoms with Gasteiger partial charge in [-0.3, -0.25) is 4.98 Å². The summed E-state index contributed by atoms with van der Waals surface area (Å²) in [7, 11) is 1.98. The van der Waals surface area contributed by atoms with E-state index in [1.54, 1.807) is 0 Å². The first kappa shape index (κ1) is 11.0. The molecule has 2 nitrogen and oxygen atoms in total. The van der Waals surface area contributed by atoms with Gasteiger partial charge in [-0.1, -0.05) is 15.9 Å². The van der Waals surface area contributed by atoms with Crippen LogP contribution in [0, 0.1) is 6.92 Å². The zero-order valence-electron chi connectivity index (χ0n) is 10.0. The molecule has 1 aromatic carbocycles. The van der Waals surface area contributed by atoms with Crippen molar-refractivity contribution in [2.45, 2.75) is 25.7 Å². The molecule has 88 valence electrons. The van der Waals surface area contributed by atoms with Crippen LogP contribution >= 0.6 is 15.9 Å². The van der Waals surface area contributed by atoms with Crippen LogP contribution in [0.5, 0.6) is 0 Å². The summed E-state index contributed by atoms with van der Waals surface area (Å²) in [6, 6.07) is 6.42. The summed E-state index contributed by atoms with van der Waals surface area (Å²) < 4.78 is 1.13. The van der Waals surface area contributed by atoms with E-state index >= 15 is 0 Å². The van der Waals surface area contributed by atoms with E-state index in [-0.39, 0.29) is 0 Å². The van der Waals surface area contributed by atoms with Crippen molar-refractivity contribution in [2.24, 2.45) is 0 Å². The number of nitrogens with one attached hydrogen (secondary N) is 1. The molecule has 0 saturated heterocycles. The van der Waals surface area contributed by atoms with Crippen molar-refractivity contribution in [3.63, 3.8) is 0 Å². The Bertz CT molecular complexity index is 588. The van der Waals surface area contributed by atoms with Gasteiger partial charge in [0.2, 0.25) is 0 Å². The second-order valence-corrected chi connectivity index (χ2v) is 5.54. The van der Waals surface area contributed by atoms with Gasteiger partial charge in [0.1, 0.15) is 0 Å². The molecular formula is C14H15BrN2. The zero-order chi connectivity index (χ0) is 12.0. The summed E-state index contributed by atoms with van der Waals surface area (Å²) in [5.41, 5.74) is 4.77. The molecule has 0 spiro atoms. The molecule has 0 atom stereocenters. The van der Waals surface area contributed by atoms with Crippen molar-refractivity contribution in [1.29, 1.82) is 0 Å². The zero-order valence-corrected chi connectivity index (χ0v) is 11.6. The maximum atomic E-state index is 4.84. The quantitative estimate of drug-likeness (QED) is 0.896. The second-order valence-electron chi connectivity index (χ2n) is 4.69. The number of fused-ring (bicyclic) bond motifs is 1. The summed E-state index contributed by atoms with van der Waals surface area (Å²) in [5, 5.41) is 4.49. The Morgan fingerprint density at radius 1 is 1.35 bits per heavy atom. The summed E-state index contributed by atoms with van der Waals surface area (Å²) in [4.78, 5) is 4.84. The number of aryl methyl sites for hydroxylation is 1. The van der Waals surface area contributed by atoms with E-state index in [9.17, 15) is 0 Å². The normalized spacial score (nSPS) is 15.2. The van der Waals surface area contributed by atoms with Gasteiger partial charge in [-0.25, -0.2) is 0 Å². The van der Waals surface area contributed by atoms with Crippen LogP contribution in [0.15, 0.2) is 22.7 Å². The number of aromatic nitrogens is 1. The molecule has 0 aliphatic heterocycles. The summed E-state index contributed by atoms with van der Waals surface area (Å²) in [6.07, 6.45) is 2.57. The first-order valence-corrected chi connectivity index (χ1v) is 6.77. The fourth-order valence-electron chi connectivity index (χ4n) is 2.22. The van der Waals surface area contributed by atoms with E-state index in [0.717, 1.165) is 9.99 Å². The van der Waals surface area contributed by atoms with E-state index in [0.29, 0.717) is 5.92 Å². The minimum absolute atomic E-state index is 0.685. The predicted molar refractivity (Wildman–Crippen MR) is 75.7 cm³/mol. The number of hydrogen-bond donors (Lipinski definition) is 1. The molecule has 1 heterocycles. The van der Waals surface area contributed by atoms with Gasteiger partial charge in [0, 0.05) is 34.2 Å². The Labute approximate surface area is 110 Å². The fourth-order valence-corrected chi connectivity index (χ4v) is 2.54. The van der Waals surface area contributed by atoms with Gasteiger partial charge in [0.05, 0.1) is 5.52 Å². The number of rotatable bonds is 2. The van der Waals surface area contributed by atoms with Crippen LogP contribution in [-0.2, 0) is 0 Å². The first-order chi connectivity index (χ1) is 8.20. The topological polar surface area (TPSA) is 24.9 Å². The van der Waals surface area contributed by atoms with Crippen LogP contribution in [-0.4, -0.2) is 12.0 Å². The van der Waals surface area contributed by atoms with Crippen molar-refractivity contribution in [2.75, 3.05) is 12.4 Å². The summed E-state index contributed by atoms with van der Waals surface area (Å²) in [5.74, 6) is 0.685. The molecule has 1 N–H and O–H groups in total. The summed E-state index contributed by atoms with van der Waals surface area (Å²) >= 11 is 3.58. The lowest BCUT2D eigenvalue weighted by molar-refractivity contribution is 1.04. The smallest absolute Gasteiger partial charge is 0.0766 e. The van der Waals surface area contributed by atoms with Gasteiger partial charge in [-0.05, 0) is 43.5 Å². The van der Waals surface area contributed by atoms with Gasteiger partial charge in [0.25, 0.3) is 0 Å². The molecule has 0 radical (unpaired) electrons. The average molecular weight is 291 g/mol. The highest BCUT2D eigenvalue weighted by Crippen LogP contribution is 2.41. The number of hydrogen-bond acceptors (Lipinski definition) is 2. The van der Waals surface area contributed by atoms with Gasteiger partial charge >= 0.3 is 0 Å². The molecule has 1 aliphatic carbocycles. The Morgan fingerprint density at radius 3 is 2.76 bits per heavy atom. The number of nitrogens with zero attached hydrogens (tertiary/aromatic N) is 1. The third-order valence-corrected chi connectivity index (χ3v) is 4.31. The molecule has 2 aromatic rings. The minimum atomic E-state index is 0.685. The van der Waals surface area contributed by atoms with Crippen molar-refractivity contribution < 1.29 is 0 Å². The number of anilines is 1. The molecular weight excluding hydrogens is 276 g/mol. The lowest BCUT2D eigenvalue weighted by atomic mass is 10.1. The molecule has 0 amide bonds. The monoisotopic (exact) mass is 290 g/mol. The predicted octanol–water partition coefficient (Wildman–Crippen LogP) is 4.22.